The summed E-state index contributed by atoms with van der Waals surface area (Å²) in [5, 5.41) is 0. The number of halogens is 2. The van der Waals surface area contributed by atoms with Crippen molar-refractivity contribution < 1.29 is 18.3 Å². The van der Waals surface area contributed by atoms with Crippen molar-refractivity contribution in [1.29, 1.82) is 0 Å². The van der Waals surface area contributed by atoms with Crippen LogP contribution in [0.2, 0.25) is 0 Å². The zero-order chi connectivity index (χ0) is 9.84. The summed E-state index contributed by atoms with van der Waals surface area (Å²) in [7, 11) is 1.17. The Morgan fingerprint density at radius 3 is 2.69 bits per heavy atom. The summed E-state index contributed by atoms with van der Waals surface area (Å²) in [5.41, 5.74) is 0.133. The molecule has 1 aromatic carbocycles. The molecule has 0 heterocycles. The highest BCUT2D eigenvalue weighted by atomic mass is 19.1. The van der Waals surface area contributed by atoms with Crippen LogP contribution in [-0.2, 0) is 11.2 Å². The number of carbonyl (C=O) groups excluding carboxylic acids is 1. The molecule has 1 rings (SSSR count). The molecular formula is C9H8F2O2. The Hall–Kier alpha value is -1.45. The predicted octanol–water partition coefficient (Wildman–Crippen LogP) is 1.71. The van der Waals surface area contributed by atoms with Crippen LogP contribution in [0.1, 0.15) is 5.56 Å². The average Bonchev–Trinajstić information content (AvgIpc) is 2.11. The van der Waals surface area contributed by atoms with Crippen LogP contribution in [0.25, 0.3) is 0 Å². The first kappa shape index (κ1) is 9.64. The lowest BCUT2D eigenvalue weighted by Gasteiger charge is -2.05. The molecule has 70 valence electrons. The van der Waals surface area contributed by atoms with Gasteiger partial charge in [-0.2, -0.15) is 0 Å². The molecule has 0 radical (unpaired) electrons. The maximum atomic E-state index is 13.2. The van der Waals surface area contributed by atoms with Gasteiger partial charge < -0.3 is 9.53 Å². The molecule has 4 heteroatoms. The van der Waals surface area contributed by atoms with Gasteiger partial charge in [-0.3, -0.25) is 0 Å². The van der Waals surface area contributed by atoms with Crippen molar-refractivity contribution in [2.45, 2.75) is 6.42 Å². The van der Waals surface area contributed by atoms with E-state index in [9.17, 15) is 13.6 Å². The van der Waals surface area contributed by atoms with E-state index in [1.807, 2.05) is 0 Å². The molecule has 0 atom stereocenters. The van der Waals surface area contributed by atoms with Crippen LogP contribution in [0.15, 0.2) is 12.1 Å². The number of aldehydes is 1. The van der Waals surface area contributed by atoms with Crippen molar-refractivity contribution in [2.75, 3.05) is 7.11 Å². The van der Waals surface area contributed by atoms with Crippen molar-refractivity contribution in [3.05, 3.63) is 29.3 Å². The van der Waals surface area contributed by atoms with Crippen LogP contribution in [0, 0.1) is 11.6 Å². The van der Waals surface area contributed by atoms with E-state index in [0.29, 0.717) is 6.29 Å². The summed E-state index contributed by atoms with van der Waals surface area (Å²) in [4.78, 5) is 10.1. The Morgan fingerprint density at radius 1 is 1.46 bits per heavy atom. The van der Waals surface area contributed by atoms with Crippen LogP contribution in [-0.4, -0.2) is 13.4 Å². The molecule has 0 aliphatic rings. The van der Waals surface area contributed by atoms with Crippen LogP contribution in [0.3, 0.4) is 0 Å². The molecule has 0 unspecified atom stereocenters. The summed E-state index contributed by atoms with van der Waals surface area (Å²) in [6.45, 7) is 0. The van der Waals surface area contributed by atoms with E-state index in [1.54, 1.807) is 0 Å². The molecule has 0 spiro atoms. The average molecular weight is 186 g/mol. The second kappa shape index (κ2) is 3.98. The first-order chi connectivity index (χ1) is 6.20. The third kappa shape index (κ3) is 1.83. The molecule has 13 heavy (non-hydrogen) atoms. The van der Waals surface area contributed by atoms with E-state index in [-0.39, 0.29) is 12.0 Å². The minimum Gasteiger partial charge on any atom is -0.491 e. The monoisotopic (exact) mass is 186 g/mol. The zero-order valence-corrected chi connectivity index (χ0v) is 7.01. The predicted molar refractivity (Wildman–Crippen MR) is 42.7 cm³/mol. The van der Waals surface area contributed by atoms with E-state index in [0.717, 1.165) is 6.07 Å². The fourth-order valence-electron chi connectivity index (χ4n) is 1.01. The molecule has 0 fully saturated rings. The van der Waals surface area contributed by atoms with Crippen molar-refractivity contribution >= 4 is 6.29 Å². The van der Waals surface area contributed by atoms with Gasteiger partial charge in [-0.15, -0.1) is 0 Å². The topological polar surface area (TPSA) is 26.3 Å². The Morgan fingerprint density at radius 2 is 2.15 bits per heavy atom. The second-order valence-corrected chi connectivity index (χ2v) is 2.42. The van der Waals surface area contributed by atoms with Crippen LogP contribution < -0.4 is 4.74 Å². The quantitative estimate of drug-likeness (QED) is 0.672. The van der Waals surface area contributed by atoms with Gasteiger partial charge in [0.15, 0.2) is 17.4 Å². The molecule has 0 saturated carbocycles. The van der Waals surface area contributed by atoms with Crippen LogP contribution >= 0.6 is 0 Å². The Balaban J connectivity index is 3.18. The lowest BCUT2D eigenvalue weighted by atomic mass is 10.1. The first-order valence-corrected chi connectivity index (χ1v) is 3.65. The summed E-state index contributed by atoms with van der Waals surface area (Å²) in [6.07, 6.45) is 0.470. The van der Waals surface area contributed by atoms with Gasteiger partial charge in [0.25, 0.3) is 0 Å². The van der Waals surface area contributed by atoms with E-state index in [2.05, 4.69) is 4.74 Å². The van der Waals surface area contributed by atoms with Crippen molar-refractivity contribution in [3.63, 3.8) is 0 Å². The molecule has 0 aliphatic carbocycles. The largest absolute Gasteiger partial charge is 0.491 e. The molecule has 0 bridgehead atoms. The Kier molecular flexibility index (Phi) is 2.95. The van der Waals surface area contributed by atoms with Gasteiger partial charge in [0.2, 0.25) is 0 Å². The van der Waals surface area contributed by atoms with Crippen molar-refractivity contribution in [1.82, 2.24) is 0 Å². The van der Waals surface area contributed by atoms with Gasteiger partial charge in [-0.05, 0) is 11.6 Å². The van der Waals surface area contributed by atoms with E-state index < -0.39 is 17.4 Å². The normalized spacial score (nSPS) is 9.77. The van der Waals surface area contributed by atoms with Crippen LogP contribution in [0.4, 0.5) is 8.78 Å². The standard InChI is InChI=1S/C9H8F2O2/c1-13-9-7(10)3-2-6(4-5-12)8(9)11/h2-3,5H,4H2,1H3. The molecule has 0 aromatic heterocycles. The summed E-state index contributed by atoms with van der Waals surface area (Å²) in [6, 6.07) is 2.29. The molecule has 2 nitrogen and oxygen atoms in total. The van der Waals surface area contributed by atoms with Gasteiger partial charge in [-0.25, -0.2) is 8.78 Å². The number of methoxy groups -OCH3 is 1. The summed E-state index contributed by atoms with van der Waals surface area (Å²) < 4.78 is 30.5. The number of ether oxygens (including phenoxy) is 1. The molecule has 0 saturated heterocycles. The lowest BCUT2D eigenvalue weighted by Crippen LogP contribution is -1.98. The summed E-state index contributed by atoms with van der Waals surface area (Å²) in [5.74, 6) is -2.02. The van der Waals surface area contributed by atoms with E-state index in [4.69, 9.17) is 0 Å². The lowest BCUT2D eigenvalue weighted by molar-refractivity contribution is -0.107. The van der Waals surface area contributed by atoms with Crippen molar-refractivity contribution in [3.8, 4) is 5.75 Å². The highest BCUT2D eigenvalue weighted by Crippen LogP contribution is 2.23. The minimum absolute atomic E-state index is 0.0809. The maximum Gasteiger partial charge on any atom is 0.190 e. The second-order valence-electron chi connectivity index (χ2n) is 2.42. The van der Waals surface area contributed by atoms with Crippen LogP contribution in [0.5, 0.6) is 5.75 Å². The van der Waals surface area contributed by atoms with Crippen molar-refractivity contribution in [2.24, 2.45) is 0 Å². The highest BCUT2D eigenvalue weighted by Gasteiger charge is 2.13. The van der Waals surface area contributed by atoms with Gasteiger partial charge in [0.05, 0.1) is 7.11 Å². The number of rotatable bonds is 3. The van der Waals surface area contributed by atoms with E-state index >= 15 is 0 Å². The zero-order valence-electron chi connectivity index (χ0n) is 7.01. The molecule has 0 aliphatic heterocycles. The van der Waals surface area contributed by atoms with Gasteiger partial charge >= 0.3 is 0 Å². The van der Waals surface area contributed by atoms with Gasteiger partial charge in [0, 0.05) is 6.42 Å². The van der Waals surface area contributed by atoms with Gasteiger partial charge in [-0.1, -0.05) is 6.07 Å². The molecule has 0 N–H and O–H groups in total. The third-order valence-corrected chi connectivity index (χ3v) is 1.64. The maximum absolute atomic E-state index is 13.2. The number of carbonyl (C=O) groups is 1. The van der Waals surface area contributed by atoms with E-state index in [1.165, 1.54) is 13.2 Å². The number of hydrogen-bond acceptors (Lipinski definition) is 2. The Bertz CT molecular complexity index is 324. The number of benzene rings is 1. The Labute approximate surface area is 74.1 Å². The molecular weight excluding hydrogens is 178 g/mol. The smallest absolute Gasteiger partial charge is 0.190 e. The number of hydrogen-bond donors (Lipinski definition) is 0. The highest BCUT2D eigenvalue weighted by molar-refractivity contribution is 5.55. The minimum atomic E-state index is -0.811. The first-order valence-electron chi connectivity index (χ1n) is 3.65. The fourth-order valence-corrected chi connectivity index (χ4v) is 1.01. The summed E-state index contributed by atoms with van der Waals surface area (Å²) >= 11 is 0. The molecule has 0 amide bonds. The molecule has 1 aromatic rings. The fraction of sp³-hybridized carbons (Fsp3) is 0.222. The SMILES string of the molecule is COc1c(F)ccc(CC=O)c1F. The van der Waals surface area contributed by atoms with Gasteiger partial charge in [0.1, 0.15) is 6.29 Å². The third-order valence-electron chi connectivity index (χ3n) is 1.64.